The summed E-state index contributed by atoms with van der Waals surface area (Å²) < 4.78 is 20.1. The Bertz CT molecular complexity index is 666. The van der Waals surface area contributed by atoms with Gasteiger partial charge in [-0.15, -0.1) is 0 Å². The Morgan fingerprint density at radius 3 is 2.95 bits per heavy atom. The summed E-state index contributed by atoms with van der Waals surface area (Å²) in [5.74, 6) is -0.986. The van der Waals surface area contributed by atoms with Gasteiger partial charge in [0, 0.05) is 24.5 Å². The maximum absolute atomic E-state index is 13.7. The molecule has 0 aliphatic carbocycles. The summed E-state index contributed by atoms with van der Waals surface area (Å²) in [6.45, 7) is 0.554. The fourth-order valence-electron chi connectivity index (χ4n) is 2.06. The van der Waals surface area contributed by atoms with E-state index in [0.717, 1.165) is 0 Å². The van der Waals surface area contributed by atoms with Gasteiger partial charge in [0.15, 0.2) is 12.1 Å². The van der Waals surface area contributed by atoms with E-state index in [0.29, 0.717) is 36.6 Å². The van der Waals surface area contributed by atoms with Crippen molar-refractivity contribution in [3.05, 3.63) is 34.7 Å². The molecule has 0 fully saturated rings. The fraction of sp³-hybridized carbons (Fsp3) is 0.286. The number of benzene rings is 1. The fourth-order valence-corrected chi connectivity index (χ4v) is 2.33. The first-order valence-corrected chi connectivity index (χ1v) is 6.45. The van der Waals surface area contributed by atoms with Gasteiger partial charge in [-0.1, -0.05) is 11.6 Å². The molecule has 0 radical (unpaired) electrons. The number of hydrogen-bond acceptors (Lipinski definition) is 3. The SMILES string of the molecule is COC(=O)CCCn1ccc2c(Cl)c(F)c(C=O)cc21. The van der Waals surface area contributed by atoms with Crippen LogP contribution in [0.25, 0.3) is 10.9 Å². The van der Waals surface area contributed by atoms with Gasteiger partial charge >= 0.3 is 5.97 Å². The molecule has 0 spiro atoms. The van der Waals surface area contributed by atoms with Gasteiger partial charge in [0.25, 0.3) is 0 Å². The van der Waals surface area contributed by atoms with E-state index < -0.39 is 5.82 Å². The number of halogens is 2. The molecule has 0 atom stereocenters. The van der Waals surface area contributed by atoms with Crippen molar-refractivity contribution in [2.45, 2.75) is 19.4 Å². The minimum Gasteiger partial charge on any atom is -0.469 e. The maximum atomic E-state index is 13.7. The monoisotopic (exact) mass is 297 g/mol. The van der Waals surface area contributed by atoms with Crippen molar-refractivity contribution >= 4 is 34.8 Å². The van der Waals surface area contributed by atoms with Gasteiger partial charge in [0.1, 0.15) is 0 Å². The number of esters is 1. The average molecular weight is 298 g/mol. The standard InChI is InChI=1S/C14H13ClFNO3/c1-20-12(19)3-2-5-17-6-4-10-11(17)7-9(8-18)14(16)13(10)15/h4,6-8H,2-3,5H2,1H3. The average Bonchev–Trinajstić information content (AvgIpc) is 2.85. The molecule has 1 aromatic heterocycles. The molecule has 20 heavy (non-hydrogen) atoms. The second kappa shape index (κ2) is 6.05. The van der Waals surface area contributed by atoms with E-state index in [-0.39, 0.29) is 16.6 Å². The van der Waals surface area contributed by atoms with E-state index in [4.69, 9.17) is 11.6 Å². The van der Waals surface area contributed by atoms with E-state index in [1.165, 1.54) is 13.2 Å². The van der Waals surface area contributed by atoms with Crippen LogP contribution in [0.4, 0.5) is 4.39 Å². The molecule has 1 aromatic carbocycles. The van der Waals surface area contributed by atoms with E-state index in [1.807, 2.05) is 4.57 Å². The Morgan fingerprint density at radius 1 is 1.55 bits per heavy atom. The highest BCUT2D eigenvalue weighted by Gasteiger charge is 2.14. The lowest BCUT2D eigenvalue weighted by atomic mass is 10.1. The van der Waals surface area contributed by atoms with Crippen LogP contribution >= 0.6 is 11.6 Å². The molecule has 0 bridgehead atoms. The minimum absolute atomic E-state index is 0.0590. The van der Waals surface area contributed by atoms with Gasteiger partial charge in [-0.3, -0.25) is 9.59 Å². The third-order valence-electron chi connectivity index (χ3n) is 3.12. The van der Waals surface area contributed by atoms with Gasteiger partial charge in [-0.05, 0) is 18.6 Å². The Hall–Kier alpha value is -1.88. The van der Waals surface area contributed by atoms with Gasteiger partial charge in [0.05, 0.1) is 23.2 Å². The summed E-state index contributed by atoms with van der Waals surface area (Å²) in [6.07, 6.45) is 3.07. The Kier molecular flexibility index (Phi) is 4.39. The second-order valence-electron chi connectivity index (χ2n) is 4.33. The normalized spacial score (nSPS) is 10.8. The smallest absolute Gasteiger partial charge is 0.305 e. The zero-order valence-electron chi connectivity index (χ0n) is 10.9. The van der Waals surface area contributed by atoms with Crippen molar-refractivity contribution in [1.82, 2.24) is 4.57 Å². The third-order valence-corrected chi connectivity index (χ3v) is 3.49. The highest BCUT2D eigenvalue weighted by molar-refractivity contribution is 6.36. The van der Waals surface area contributed by atoms with Gasteiger partial charge in [-0.25, -0.2) is 4.39 Å². The number of aldehydes is 1. The quantitative estimate of drug-likeness (QED) is 0.629. The number of rotatable bonds is 5. The number of fused-ring (bicyclic) bond motifs is 1. The first kappa shape index (κ1) is 14.5. The number of aromatic nitrogens is 1. The van der Waals surface area contributed by atoms with Gasteiger partial charge in [0.2, 0.25) is 0 Å². The lowest BCUT2D eigenvalue weighted by Gasteiger charge is -2.07. The van der Waals surface area contributed by atoms with E-state index in [9.17, 15) is 14.0 Å². The predicted octanol–water partition coefficient (Wildman–Crippen LogP) is 3.20. The molecular formula is C14H13ClFNO3. The molecule has 0 saturated heterocycles. The summed E-state index contributed by atoms with van der Waals surface area (Å²) >= 11 is 5.91. The number of nitrogens with zero attached hydrogens (tertiary/aromatic N) is 1. The Balaban J connectivity index is 2.29. The largest absolute Gasteiger partial charge is 0.469 e. The first-order chi connectivity index (χ1) is 9.58. The predicted molar refractivity (Wildman–Crippen MR) is 73.5 cm³/mol. The number of methoxy groups -OCH3 is 1. The van der Waals surface area contributed by atoms with Crippen LogP contribution in [0.3, 0.4) is 0 Å². The zero-order valence-corrected chi connectivity index (χ0v) is 11.6. The highest BCUT2D eigenvalue weighted by atomic mass is 35.5. The molecule has 6 heteroatoms. The van der Waals surface area contributed by atoms with Crippen LogP contribution in [0.1, 0.15) is 23.2 Å². The summed E-state index contributed by atoms with van der Waals surface area (Å²) in [7, 11) is 1.34. The summed E-state index contributed by atoms with van der Waals surface area (Å²) in [5, 5.41) is 0.490. The number of hydrogen-bond donors (Lipinski definition) is 0. The van der Waals surface area contributed by atoms with Crippen molar-refractivity contribution in [1.29, 1.82) is 0 Å². The van der Waals surface area contributed by atoms with E-state index in [1.54, 1.807) is 12.3 Å². The highest BCUT2D eigenvalue weighted by Crippen LogP contribution is 2.29. The molecule has 0 N–H and O–H groups in total. The molecule has 2 rings (SSSR count). The van der Waals surface area contributed by atoms with Crippen LogP contribution in [0, 0.1) is 5.82 Å². The molecule has 2 aromatic rings. The topological polar surface area (TPSA) is 48.3 Å². The number of ether oxygens (including phenoxy) is 1. The minimum atomic E-state index is -0.707. The maximum Gasteiger partial charge on any atom is 0.305 e. The molecule has 0 unspecified atom stereocenters. The van der Waals surface area contributed by atoms with Crippen LogP contribution in [0.2, 0.25) is 5.02 Å². The van der Waals surface area contributed by atoms with Crippen LogP contribution in [-0.4, -0.2) is 23.9 Å². The Labute approximate surface area is 120 Å². The van der Waals surface area contributed by atoms with Crippen molar-refractivity contribution in [2.75, 3.05) is 7.11 Å². The molecule has 1 heterocycles. The van der Waals surface area contributed by atoms with E-state index >= 15 is 0 Å². The van der Waals surface area contributed by atoms with Crippen molar-refractivity contribution in [3.63, 3.8) is 0 Å². The summed E-state index contributed by atoms with van der Waals surface area (Å²) in [6, 6.07) is 3.15. The zero-order chi connectivity index (χ0) is 14.7. The molecule has 0 aliphatic rings. The molecule has 0 amide bonds. The summed E-state index contributed by atoms with van der Waals surface area (Å²) in [4.78, 5) is 21.9. The number of carbonyl (C=O) groups excluding carboxylic acids is 2. The first-order valence-electron chi connectivity index (χ1n) is 6.07. The van der Waals surface area contributed by atoms with Gasteiger partial charge < -0.3 is 9.30 Å². The molecule has 0 aliphatic heterocycles. The van der Waals surface area contributed by atoms with Crippen molar-refractivity contribution < 1.29 is 18.7 Å². The lowest BCUT2D eigenvalue weighted by molar-refractivity contribution is -0.140. The number of aryl methyl sites for hydroxylation is 1. The van der Waals surface area contributed by atoms with E-state index in [2.05, 4.69) is 4.74 Å². The molecule has 0 saturated carbocycles. The molecule has 4 nitrogen and oxygen atoms in total. The molecular weight excluding hydrogens is 285 g/mol. The molecule has 106 valence electrons. The third kappa shape index (κ3) is 2.67. The van der Waals surface area contributed by atoms with Crippen LogP contribution in [-0.2, 0) is 16.1 Å². The van der Waals surface area contributed by atoms with Crippen molar-refractivity contribution in [3.8, 4) is 0 Å². The van der Waals surface area contributed by atoms with Gasteiger partial charge in [-0.2, -0.15) is 0 Å². The number of carbonyl (C=O) groups is 2. The van der Waals surface area contributed by atoms with Crippen LogP contribution in [0.15, 0.2) is 18.3 Å². The van der Waals surface area contributed by atoms with Crippen molar-refractivity contribution in [2.24, 2.45) is 0 Å². The van der Waals surface area contributed by atoms with Crippen LogP contribution < -0.4 is 0 Å². The second-order valence-corrected chi connectivity index (χ2v) is 4.71. The Morgan fingerprint density at radius 2 is 2.30 bits per heavy atom. The summed E-state index contributed by atoms with van der Waals surface area (Å²) in [5.41, 5.74) is 0.596. The van der Waals surface area contributed by atoms with Crippen LogP contribution in [0.5, 0.6) is 0 Å². The lowest BCUT2D eigenvalue weighted by Crippen LogP contribution is -2.04.